The van der Waals surface area contributed by atoms with Crippen LogP contribution in [0, 0.1) is 11.8 Å². The smallest absolute Gasteiger partial charge is 0.307 e. The number of hydrogen-bond donors (Lipinski definition) is 0. The Morgan fingerprint density at radius 3 is 1.35 bits per heavy atom. The molecule has 0 bridgehead atoms. The minimum Gasteiger partial charge on any atom is -0.459 e. The van der Waals surface area contributed by atoms with E-state index in [4.69, 9.17) is 9.47 Å². The highest BCUT2D eigenvalue weighted by molar-refractivity contribution is 7.98. The zero-order valence-corrected chi connectivity index (χ0v) is 18.9. The third-order valence-electron chi connectivity index (χ3n) is 5.47. The van der Waals surface area contributed by atoms with Gasteiger partial charge < -0.3 is 9.47 Å². The predicted octanol–water partition coefficient (Wildman–Crippen LogP) is 4.94. The molecule has 4 nitrogen and oxygen atoms in total. The first kappa shape index (κ1) is 23.7. The third-order valence-corrected chi connectivity index (χ3v) is 6.69. The average Bonchev–Trinajstić information content (AvgIpc) is 2.57. The summed E-state index contributed by atoms with van der Waals surface area (Å²) in [5.74, 6) is 2.12. The van der Waals surface area contributed by atoms with E-state index in [1.807, 2.05) is 40.2 Å². The van der Waals surface area contributed by atoms with Crippen LogP contribution in [0.4, 0.5) is 0 Å². The first-order valence-electron chi connectivity index (χ1n) is 9.54. The summed E-state index contributed by atoms with van der Waals surface area (Å²) in [7, 11) is 0. The number of ether oxygens (including phenoxy) is 2. The summed E-state index contributed by atoms with van der Waals surface area (Å²) in [6.45, 7) is 8.12. The van der Waals surface area contributed by atoms with Gasteiger partial charge >= 0.3 is 11.9 Å². The maximum Gasteiger partial charge on any atom is 0.307 e. The quantitative estimate of drug-likeness (QED) is 0.481. The highest BCUT2D eigenvalue weighted by atomic mass is 32.2. The molecule has 0 aliphatic heterocycles. The minimum absolute atomic E-state index is 0.102. The minimum atomic E-state index is -0.431. The van der Waals surface area contributed by atoms with Crippen LogP contribution in [0.3, 0.4) is 0 Å². The van der Waals surface area contributed by atoms with Gasteiger partial charge in [0.25, 0.3) is 0 Å². The van der Waals surface area contributed by atoms with Gasteiger partial charge in [-0.25, -0.2) is 0 Å². The lowest BCUT2D eigenvalue weighted by molar-refractivity contribution is -0.169. The number of carbonyl (C=O) groups is 2. The number of esters is 2. The first-order chi connectivity index (χ1) is 12.1. The molecule has 1 aliphatic carbocycles. The molecule has 0 aromatic rings. The summed E-state index contributed by atoms with van der Waals surface area (Å²) >= 11 is 3.32. The summed E-state index contributed by atoms with van der Waals surface area (Å²) < 4.78 is 11.5. The largest absolute Gasteiger partial charge is 0.459 e. The van der Waals surface area contributed by atoms with Crippen LogP contribution in [-0.2, 0) is 19.1 Å². The summed E-state index contributed by atoms with van der Waals surface area (Å²) in [6, 6.07) is 0. The number of thioether (sulfide) groups is 2. The second kappa shape index (κ2) is 10.8. The molecule has 0 saturated heterocycles. The highest BCUT2D eigenvalue weighted by Crippen LogP contribution is 2.42. The van der Waals surface area contributed by atoms with E-state index in [9.17, 15) is 9.59 Å². The van der Waals surface area contributed by atoms with Gasteiger partial charge in [0.2, 0.25) is 0 Å². The second-order valence-electron chi connectivity index (χ2n) is 8.19. The molecule has 1 fully saturated rings. The normalized spacial score (nSPS) is 21.3. The van der Waals surface area contributed by atoms with Crippen molar-refractivity contribution in [1.82, 2.24) is 0 Å². The molecule has 1 saturated carbocycles. The standard InChI is InChI=1S/C20H36O4S2/c1-19(2,23-17(21)11-13-25-5)15-7-9-16(10-8-15)20(3,4)24-18(22)12-14-26-6/h15-16H,7-14H2,1-6H3. The molecule has 0 amide bonds. The molecule has 0 atom stereocenters. The lowest BCUT2D eigenvalue weighted by atomic mass is 9.70. The maximum absolute atomic E-state index is 12.0. The lowest BCUT2D eigenvalue weighted by Gasteiger charge is -2.43. The molecule has 26 heavy (non-hydrogen) atoms. The van der Waals surface area contributed by atoms with Crippen molar-refractivity contribution in [3.8, 4) is 0 Å². The van der Waals surface area contributed by atoms with Crippen molar-refractivity contribution in [1.29, 1.82) is 0 Å². The van der Waals surface area contributed by atoms with Crippen molar-refractivity contribution in [2.75, 3.05) is 24.0 Å². The molecule has 1 rings (SSSR count). The molecule has 0 N–H and O–H groups in total. The molecule has 0 spiro atoms. The summed E-state index contributed by atoms with van der Waals surface area (Å²) in [5.41, 5.74) is -0.862. The summed E-state index contributed by atoms with van der Waals surface area (Å²) in [6.07, 6.45) is 8.93. The van der Waals surface area contributed by atoms with E-state index < -0.39 is 11.2 Å². The molecule has 0 radical (unpaired) electrons. The van der Waals surface area contributed by atoms with E-state index in [1.165, 1.54) is 0 Å². The second-order valence-corrected chi connectivity index (χ2v) is 10.2. The fourth-order valence-corrected chi connectivity index (χ4v) is 4.45. The SMILES string of the molecule is CSCCC(=O)OC(C)(C)C1CCC(C(C)(C)OC(=O)CCSC)CC1. The zero-order chi connectivity index (χ0) is 19.8. The molecule has 0 aromatic heterocycles. The third kappa shape index (κ3) is 7.71. The average molecular weight is 405 g/mol. The molecular weight excluding hydrogens is 368 g/mol. The zero-order valence-electron chi connectivity index (χ0n) is 17.3. The van der Waals surface area contributed by atoms with Gasteiger partial charge in [0.1, 0.15) is 11.2 Å². The Morgan fingerprint density at radius 2 is 1.08 bits per heavy atom. The van der Waals surface area contributed by atoms with Crippen LogP contribution in [-0.4, -0.2) is 47.2 Å². The molecule has 152 valence electrons. The van der Waals surface area contributed by atoms with E-state index >= 15 is 0 Å². The summed E-state index contributed by atoms with van der Waals surface area (Å²) in [4.78, 5) is 24.0. The fourth-order valence-electron chi connectivity index (χ4n) is 3.71. The van der Waals surface area contributed by atoms with Crippen molar-refractivity contribution in [3.63, 3.8) is 0 Å². The molecule has 1 aliphatic rings. The Balaban J connectivity index is 2.51. The van der Waals surface area contributed by atoms with E-state index in [-0.39, 0.29) is 11.9 Å². The Bertz CT molecular complexity index is 413. The van der Waals surface area contributed by atoms with E-state index in [2.05, 4.69) is 0 Å². The molecular formula is C20H36O4S2. The molecule has 0 aromatic carbocycles. The molecule has 6 heteroatoms. The van der Waals surface area contributed by atoms with Gasteiger partial charge in [0, 0.05) is 11.5 Å². The van der Waals surface area contributed by atoms with Crippen molar-refractivity contribution in [2.45, 2.75) is 77.4 Å². The van der Waals surface area contributed by atoms with Crippen LogP contribution in [0.2, 0.25) is 0 Å². The van der Waals surface area contributed by atoms with Crippen molar-refractivity contribution in [2.24, 2.45) is 11.8 Å². The van der Waals surface area contributed by atoms with Gasteiger partial charge in [-0.1, -0.05) is 0 Å². The Morgan fingerprint density at radius 1 is 0.769 bits per heavy atom. The van der Waals surface area contributed by atoms with E-state index in [1.54, 1.807) is 23.5 Å². The monoisotopic (exact) mass is 404 g/mol. The number of carbonyl (C=O) groups excluding carboxylic acids is 2. The Hall–Kier alpha value is -0.360. The van der Waals surface area contributed by atoms with E-state index in [0.29, 0.717) is 24.7 Å². The van der Waals surface area contributed by atoms with Crippen LogP contribution in [0.5, 0.6) is 0 Å². The van der Waals surface area contributed by atoms with Gasteiger partial charge in [0.05, 0.1) is 12.8 Å². The predicted molar refractivity (Wildman–Crippen MR) is 112 cm³/mol. The fraction of sp³-hybridized carbons (Fsp3) is 0.900. The lowest BCUT2D eigenvalue weighted by Crippen LogP contribution is -2.43. The van der Waals surface area contributed by atoms with Crippen molar-refractivity contribution in [3.05, 3.63) is 0 Å². The van der Waals surface area contributed by atoms with Crippen LogP contribution < -0.4 is 0 Å². The maximum atomic E-state index is 12.0. The van der Waals surface area contributed by atoms with Crippen LogP contribution in [0.25, 0.3) is 0 Å². The van der Waals surface area contributed by atoms with E-state index in [0.717, 1.165) is 37.2 Å². The Kier molecular flexibility index (Phi) is 9.87. The van der Waals surface area contributed by atoms with Crippen LogP contribution >= 0.6 is 23.5 Å². The molecule has 0 heterocycles. The van der Waals surface area contributed by atoms with Gasteiger partial charge in [-0.05, 0) is 77.7 Å². The van der Waals surface area contributed by atoms with Gasteiger partial charge in [0.15, 0.2) is 0 Å². The highest BCUT2D eigenvalue weighted by Gasteiger charge is 2.41. The summed E-state index contributed by atoms with van der Waals surface area (Å²) in [5, 5.41) is 0. The van der Waals surface area contributed by atoms with Crippen LogP contribution in [0.15, 0.2) is 0 Å². The van der Waals surface area contributed by atoms with Gasteiger partial charge in [-0.15, -0.1) is 0 Å². The number of hydrogen-bond acceptors (Lipinski definition) is 6. The topological polar surface area (TPSA) is 52.6 Å². The molecule has 0 unspecified atom stereocenters. The Labute approximate surface area is 167 Å². The van der Waals surface area contributed by atoms with Crippen LogP contribution in [0.1, 0.15) is 66.2 Å². The van der Waals surface area contributed by atoms with Crippen molar-refractivity contribution < 1.29 is 19.1 Å². The number of rotatable bonds is 10. The van der Waals surface area contributed by atoms with Gasteiger partial charge in [-0.3, -0.25) is 9.59 Å². The first-order valence-corrected chi connectivity index (χ1v) is 12.3. The van der Waals surface area contributed by atoms with Crippen molar-refractivity contribution >= 4 is 35.5 Å². The van der Waals surface area contributed by atoms with Gasteiger partial charge in [-0.2, -0.15) is 23.5 Å².